The first-order valence-electron chi connectivity index (χ1n) is 8.16. The van der Waals surface area contributed by atoms with Gasteiger partial charge in [0.25, 0.3) is 0 Å². The van der Waals surface area contributed by atoms with E-state index < -0.39 is 6.16 Å². The fourth-order valence-corrected chi connectivity index (χ4v) is 2.61. The predicted octanol–water partition coefficient (Wildman–Crippen LogP) is 4.92. The summed E-state index contributed by atoms with van der Waals surface area (Å²) in [6.45, 7) is 1.93. The van der Waals surface area contributed by atoms with Gasteiger partial charge >= 0.3 is 6.16 Å². The molecule has 26 heavy (non-hydrogen) atoms. The summed E-state index contributed by atoms with van der Waals surface area (Å²) in [5, 5.41) is 0.620. The Morgan fingerprint density at radius 2 is 1.81 bits per heavy atom. The van der Waals surface area contributed by atoms with E-state index in [0.717, 1.165) is 11.1 Å². The Morgan fingerprint density at radius 3 is 2.54 bits per heavy atom. The Labute approximate surface area is 156 Å². The maximum atomic E-state index is 11.7. The highest BCUT2D eigenvalue weighted by Crippen LogP contribution is 2.26. The molecule has 0 N–H and O–H groups in total. The van der Waals surface area contributed by atoms with Crippen molar-refractivity contribution in [3.05, 3.63) is 77.1 Å². The van der Waals surface area contributed by atoms with Gasteiger partial charge in [-0.1, -0.05) is 60.1 Å². The number of hydrogen-bond donors (Lipinski definition) is 0. The molecule has 132 valence electrons. The molecule has 1 aromatic heterocycles. The molecular weight excluding hydrogens is 352 g/mol. The number of halogens is 1. The number of rotatable bonds is 5. The Bertz CT molecular complexity index is 901. The maximum absolute atomic E-state index is 11.7. The minimum Gasteiger partial charge on any atom is -0.434 e. The van der Waals surface area contributed by atoms with Crippen LogP contribution in [-0.2, 0) is 11.2 Å². The molecular formula is C20H17ClN2O3. The Morgan fingerprint density at radius 1 is 1.08 bits per heavy atom. The zero-order valence-electron chi connectivity index (χ0n) is 14.2. The van der Waals surface area contributed by atoms with Crippen molar-refractivity contribution in [1.82, 2.24) is 9.97 Å². The number of nitrogens with zero attached hydrogens (tertiary/aromatic N) is 2. The van der Waals surface area contributed by atoms with Gasteiger partial charge in [-0.15, -0.1) is 0 Å². The van der Waals surface area contributed by atoms with Crippen LogP contribution in [-0.4, -0.2) is 22.7 Å². The number of carbonyl (C=O) groups is 1. The Hall–Kier alpha value is -2.92. The Kier molecular flexibility index (Phi) is 5.81. The van der Waals surface area contributed by atoms with E-state index in [1.54, 1.807) is 6.92 Å². The normalized spacial score (nSPS) is 10.4. The van der Waals surface area contributed by atoms with Crippen LogP contribution in [0.5, 0.6) is 5.75 Å². The zero-order valence-corrected chi connectivity index (χ0v) is 14.9. The lowest BCUT2D eigenvalue weighted by atomic mass is 10.1. The summed E-state index contributed by atoms with van der Waals surface area (Å²) in [6.07, 6.45) is 1.10. The molecule has 0 atom stereocenters. The summed E-state index contributed by atoms with van der Waals surface area (Å²) in [5.41, 5.74) is 2.30. The number of aromatic nitrogens is 2. The lowest BCUT2D eigenvalue weighted by Crippen LogP contribution is -2.13. The van der Waals surface area contributed by atoms with Gasteiger partial charge in [0.15, 0.2) is 11.6 Å². The van der Waals surface area contributed by atoms with Crippen LogP contribution >= 0.6 is 11.6 Å². The molecule has 0 spiro atoms. The second-order valence-corrected chi connectivity index (χ2v) is 5.83. The molecule has 3 rings (SSSR count). The van der Waals surface area contributed by atoms with Crippen molar-refractivity contribution in [2.75, 3.05) is 6.61 Å². The fraction of sp³-hybridized carbons (Fsp3) is 0.150. The van der Waals surface area contributed by atoms with E-state index in [9.17, 15) is 4.79 Å². The van der Waals surface area contributed by atoms with E-state index >= 15 is 0 Å². The topological polar surface area (TPSA) is 61.3 Å². The average Bonchev–Trinajstić information content (AvgIpc) is 2.66. The molecule has 0 aliphatic heterocycles. The smallest absolute Gasteiger partial charge is 0.434 e. The maximum Gasteiger partial charge on any atom is 0.513 e. The highest BCUT2D eigenvalue weighted by Gasteiger charge is 2.15. The SMILES string of the molecule is CCOC(=O)Oc1cnc(-c2ccccc2)nc1Cc1ccccc1Cl. The van der Waals surface area contributed by atoms with Crippen molar-refractivity contribution in [1.29, 1.82) is 0 Å². The van der Waals surface area contributed by atoms with Crippen LogP contribution in [0.25, 0.3) is 11.4 Å². The summed E-state index contributed by atoms with van der Waals surface area (Å²) in [5.74, 6) is 0.798. The van der Waals surface area contributed by atoms with Crippen LogP contribution in [0, 0.1) is 0 Å². The summed E-state index contributed by atoms with van der Waals surface area (Å²) >= 11 is 6.26. The lowest BCUT2D eigenvalue weighted by Gasteiger charge is -2.11. The molecule has 0 bridgehead atoms. The van der Waals surface area contributed by atoms with E-state index in [2.05, 4.69) is 9.97 Å². The fourth-order valence-electron chi connectivity index (χ4n) is 2.40. The van der Waals surface area contributed by atoms with Crippen LogP contribution in [0.3, 0.4) is 0 Å². The van der Waals surface area contributed by atoms with Crippen LogP contribution in [0.2, 0.25) is 5.02 Å². The molecule has 2 aromatic carbocycles. The van der Waals surface area contributed by atoms with Crippen LogP contribution < -0.4 is 4.74 Å². The van der Waals surface area contributed by atoms with Crippen molar-refractivity contribution < 1.29 is 14.3 Å². The number of carbonyl (C=O) groups excluding carboxylic acids is 1. The largest absolute Gasteiger partial charge is 0.513 e. The second kappa shape index (κ2) is 8.45. The third-order valence-corrected chi connectivity index (χ3v) is 4.00. The van der Waals surface area contributed by atoms with E-state index in [-0.39, 0.29) is 12.4 Å². The van der Waals surface area contributed by atoms with Gasteiger partial charge in [-0.25, -0.2) is 14.8 Å². The minimum absolute atomic E-state index is 0.224. The summed E-state index contributed by atoms with van der Waals surface area (Å²) in [7, 11) is 0. The summed E-state index contributed by atoms with van der Waals surface area (Å²) in [6, 6.07) is 17.0. The highest BCUT2D eigenvalue weighted by atomic mass is 35.5. The molecule has 1 heterocycles. The van der Waals surface area contributed by atoms with E-state index in [4.69, 9.17) is 21.1 Å². The average molecular weight is 369 g/mol. The van der Waals surface area contributed by atoms with Gasteiger partial charge in [-0.3, -0.25) is 0 Å². The molecule has 0 saturated carbocycles. The molecule has 0 fully saturated rings. The van der Waals surface area contributed by atoms with Gasteiger partial charge in [-0.2, -0.15) is 0 Å². The predicted molar refractivity (Wildman–Crippen MR) is 99.4 cm³/mol. The van der Waals surface area contributed by atoms with Crippen LogP contribution in [0.15, 0.2) is 60.8 Å². The molecule has 3 aromatic rings. The third-order valence-electron chi connectivity index (χ3n) is 3.63. The molecule has 5 nitrogen and oxygen atoms in total. The summed E-state index contributed by atoms with van der Waals surface area (Å²) in [4.78, 5) is 20.6. The molecule has 0 amide bonds. The second-order valence-electron chi connectivity index (χ2n) is 5.42. The van der Waals surface area contributed by atoms with Gasteiger partial charge in [0.1, 0.15) is 0 Å². The molecule has 0 saturated heterocycles. The van der Waals surface area contributed by atoms with E-state index in [0.29, 0.717) is 23.0 Å². The van der Waals surface area contributed by atoms with Crippen LogP contribution in [0.4, 0.5) is 4.79 Å². The van der Waals surface area contributed by atoms with Gasteiger partial charge in [0.2, 0.25) is 0 Å². The molecule has 0 aliphatic carbocycles. The third kappa shape index (κ3) is 4.37. The van der Waals surface area contributed by atoms with Crippen molar-refractivity contribution in [3.8, 4) is 17.1 Å². The summed E-state index contributed by atoms with van der Waals surface area (Å²) < 4.78 is 10.1. The lowest BCUT2D eigenvalue weighted by molar-refractivity contribution is 0.103. The minimum atomic E-state index is -0.788. The quantitative estimate of drug-likeness (QED) is 0.598. The number of hydrogen-bond acceptors (Lipinski definition) is 5. The first kappa shape index (κ1) is 17.9. The van der Waals surface area contributed by atoms with Crippen LogP contribution in [0.1, 0.15) is 18.2 Å². The van der Waals surface area contributed by atoms with Crippen molar-refractivity contribution >= 4 is 17.8 Å². The molecule has 0 aliphatic rings. The van der Waals surface area contributed by atoms with Gasteiger partial charge in [0, 0.05) is 17.0 Å². The number of benzene rings is 2. The standard InChI is InChI=1S/C20H17ClN2O3/c1-2-25-20(24)26-18-13-22-19(14-8-4-3-5-9-14)23-17(18)12-15-10-6-7-11-16(15)21/h3-11,13H,2,12H2,1H3. The molecule has 0 unspecified atom stereocenters. The van der Waals surface area contributed by atoms with Gasteiger partial charge < -0.3 is 9.47 Å². The van der Waals surface area contributed by atoms with Gasteiger partial charge in [-0.05, 0) is 18.6 Å². The number of ether oxygens (including phenoxy) is 2. The highest BCUT2D eigenvalue weighted by molar-refractivity contribution is 6.31. The molecule has 6 heteroatoms. The first-order chi connectivity index (χ1) is 12.7. The van der Waals surface area contributed by atoms with Crippen molar-refractivity contribution in [3.63, 3.8) is 0 Å². The monoisotopic (exact) mass is 368 g/mol. The van der Waals surface area contributed by atoms with E-state index in [1.165, 1.54) is 6.20 Å². The molecule has 0 radical (unpaired) electrons. The van der Waals surface area contributed by atoms with Crippen molar-refractivity contribution in [2.24, 2.45) is 0 Å². The van der Waals surface area contributed by atoms with Gasteiger partial charge in [0.05, 0.1) is 18.5 Å². The first-order valence-corrected chi connectivity index (χ1v) is 8.54. The van der Waals surface area contributed by atoms with Crippen molar-refractivity contribution in [2.45, 2.75) is 13.3 Å². The Balaban J connectivity index is 1.98. The van der Waals surface area contributed by atoms with E-state index in [1.807, 2.05) is 54.6 Å². The zero-order chi connectivity index (χ0) is 18.4.